The fourth-order valence-corrected chi connectivity index (χ4v) is 2.74. The van der Waals surface area contributed by atoms with E-state index in [0.29, 0.717) is 18.1 Å². The van der Waals surface area contributed by atoms with Gasteiger partial charge in [0.2, 0.25) is 5.89 Å². The Bertz CT molecular complexity index is 949. The van der Waals surface area contributed by atoms with Crippen LogP contribution in [0.2, 0.25) is 0 Å². The third kappa shape index (κ3) is 1.88. The molecule has 4 rings (SSSR count). The molecule has 0 aliphatic carbocycles. The molecule has 0 radical (unpaired) electrons. The van der Waals surface area contributed by atoms with Crippen LogP contribution in [0.1, 0.15) is 11.5 Å². The van der Waals surface area contributed by atoms with Gasteiger partial charge in [0.15, 0.2) is 5.58 Å². The third-order valence-corrected chi connectivity index (χ3v) is 3.83. The molecule has 4 nitrogen and oxygen atoms in total. The summed E-state index contributed by atoms with van der Waals surface area (Å²) in [5.74, 6) is 0.668. The highest BCUT2D eigenvalue weighted by atomic mass is 16.3. The van der Waals surface area contributed by atoms with E-state index in [1.165, 1.54) is 16.5 Å². The summed E-state index contributed by atoms with van der Waals surface area (Å²) in [5, 5.41) is 1.26. The first-order chi connectivity index (χ1) is 10.2. The van der Waals surface area contributed by atoms with E-state index in [1.807, 2.05) is 18.2 Å². The molecule has 0 saturated heterocycles. The van der Waals surface area contributed by atoms with Crippen molar-refractivity contribution in [2.45, 2.75) is 13.5 Å². The number of anilines is 1. The average molecular weight is 277 g/mol. The minimum Gasteiger partial charge on any atom is -0.439 e. The van der Waals surface area contributed by atoms with Gasteiger partial charge in [0.25, 0.3) is 0 Å². The van der Waals surface area contributed by atoms with Crippen molar-refractivity contribution in [3.63, 3.8) is 0 Å². The summed E-state index contributed by atoms with van der Waals surface area (Å²) >= 11 is 0. The molecule has 4 aromatic rings. The molecule has 2 aromatic carbocycles. The van der Waals surface area contributed by atoms with Gasteiger partial charge in [0.1, 0.15) is 5.52 Å². The number of aryl methyl sites for hydroxylation is 1. The van der Waals surface area contributed by atoms with Crippen LogP contribution < -0.4 is 5.73 Å². The first-order valence-electron chi connectivity index (χ1n) is 6.91. The summed E-state index contributed by atoms with van der Waals surface area (Å²) < 4.78 is 7.93. The van der Waals surface area contributed by atoms with Gasteiger partial charge in [-0.05, 0) is 36.8 Å². The molecule has 2 aromatic heterocycles. The van der Waals surface area contributed by atoms with Crippen LogP contribution in [0.15, 0.2) is 53.1 Å². The quantitative estimate of drug-likeness (QED) is 0.568. The molecule has 0 amide bonds. The number of hydrogen-bond donors (Lipinski definition) is 1. The molecule has 0 bridgehead atoms. The van der Waals surface area contributed by atoms with E-state index in [2.05, 4.69) is 46.9 Å². The maximum absolute atomic E-state index is 5.92. The summed E-state index contributed by atoms with van der Waals surface area (Å²) in [6.45, 7) is 2.72. The zero-order valence-corrected chi connectivity index (χ0v) is 11.7. The molecule has 0 aliphatic rings. The highest BCUT2D eigenvalue weighted by Crippen LogP contribution is 2.24. The van der Waals surface area contributed by atoms with Gasteiger partial charge >= 0.3 is 0 Å². The van der Waals surface area contributed by atoms with E-state index in [9.17, 15) is 0 Å². The lowest BCUT2D eigenvalue weighted by Gasteiger charge is -2.02. The van der Waals surface area contributed by atoms with E-state index in [4.69, 9.17) is 10.2 Å². The van der Waals surface area contributed by atoms with Crippen LogP contribution in [-0.4, -0.2) is 9.55 Å². The molecule has 2 heterocycles. The summed E-state index contributed by atoms with van der Waals surface area (Å²) in [7, 11) is 0. The summed E-state index contributed by atoms with van der Waals surface area (Å²) in [4.78, 5) is 4.50. The summed E-state index contributed by atoms with van der Waals surface area (Å²) in [6.07, 6.45) is 2.07. The highest BCUT2D eigenvalue weighted by Gasteiger charge is 2.10. The SMILES string of the molecule is Cc1cccc2c1ccn2Cc1nc2c(N)cccc2o1. The molecule has 0 saturated carbocycles. The Morgan fingerprint density at radius 3 is 2.86 bits per heavy atom. The Balaban J connectivity index is 1.79. The second kappa shape index (κ2) is 4.38. The zero-order chi connectivity index (χ0) is 14.4. The van der Waals surface area contributed by atoms with Crippen LogP contribution in [0, 0.1) is 6.92 Å². The molecule has 21 heavy (non-hydrogen) atoms. The van der Waals surface area contributed by atoms with Crippen molar-refractivity contribution in [2.24, 2.45) is 0 Å². The molecule has 0 unspecified atom stereocenters. The number of rotatable bonds is 2. The van der Waals surface area contributed by atoms with E-state index in [-0.39, 0.29) is 0 Å². The van der Waals surface area contributed by atoms with Gasteiger partial charge in [0.05, 0.1) is 12.2 Å². The lowest BCUT2D eigenvalue weighted by atomic mass is 10.1. The number of nitrogens with zero attached hydrogens (tertiary/aromatic N) is 2. The average Bonchev–Trinajstić information content (AvgIpc) is 3.06. The Morgan fingerprint density at radius 2 is 2.00 bits per heavy atom. The topological polar surface area (TPSA) is 57.0 Å². The highest BCUT2D eigenvalue weighted by molar-refractivity contribution is 5.85. The van der Waals surface area contributed by atoms with Crippen molar-refractivity contribution in [3.05, 3.63) is 60.1 Å². The van der Waals surface area contributed by atoms with E-state index >= 15 is 0 Å². The molecule has 0 atom stereocenters. The number of nitrogen functional groups attached to an aromatic ring is 1. The van der Waals surface area contributed by atoms with Crippen molar-refractivity contribution in [2.75, 3.05) is 5.73 Å². The number of benzene rings is 2. The maximum Gasteiger partial charge on any atom is 0.215 e. The number of hydrogen-bond acceptors (Lipinski definition) is 3. The van der Waals surface area contributed by atoms with E-state index in [0.717, 1.165) is 11.1 Å². The van der Waals surface area contributed by atoms with Crippen LogP contribution in [0.25, 0.3) is 22.0 Å². The van der Waals surface area contributed by atoms with Crippen molar-refractivity contribution >= 4 is 27.7 Å². The van der Waals surface area contributed by atoms with Gasteiger partial charge in [0, 0.05) is 17.1 Å². The van der Waals surface area contributed by atoms with Gasteiger partial charge in [-0.15, -0.1) is 0 Å². The van der Waals surface area contributed by atoms with Crippen molar-refractivity contribution in [3.8, 4) is 0 Å². The minimum atomic E-state index is 0.598. The Hall–Kier alpha value is -2.75. The van der Waals surface area contributed by atoms with Crippen LogP contribution in [0.4, 0.5) is 5.69 Å². The standard InChI is InChI=1S/C17H15N3O/c1-11-4-2-6-14-12(11)8-9-20(14)10-16-19-17-13(18)5-3-7-15(17)21-16/h2-9H,10,18H2,1H3. The van der Waals surface area contributed by atoms with E-state index in [1.54, 1.807) is 0 Å². The van der Waals surface area contributed by atoms with Gasteiger partial charge in [-0.1, -0.05) is 18.2 Å². The largest absolute Gasteiger partial charge is 0.439 e. The van der Waals surface area contributed by atoms with Crippen molar-refractivity contribution in [1.82, 2.24) is 9.55 Å². The van der Waals surface area contributed by atoms with Gasteiger partial charge in [-0.2, -0.15) is 0 Å². The third-order valence-electron chi connectivity index (χ3n) is 3.83. The smallest absolute Gasteiger partial charge is 0.215 e. The van der Waals surface area contributed by atoms with Crippen LogP contribution in [0.3, 0.4) is 0 Å². The first-order valence-corrected chi connectivity index (χ1v) is 6.91. The van der Waals surface area contributed by atoms with Crippen LogP contribution in [0.5, 0.6) is 0 Å². The molecule has 2 N–H and O–H groups in total. The van der Waals surface area contributed by atoms with E-state index < -0.39 is 0 Å². The van der Waals surface area contributed by atoms with Crippen molar-refractivity contribution in [1.29, 1.82) is 0 Å². The zero-order valence-electron chi connectivity index (χ0n) is 11.7. The Kier molecular flexibility index (Phi) is 2.51. The minimum absolute atomic E-state index is 0.598. The number of para-hydroxylation sites is 1. The predicted octanol–water partition coefficient (Wildman–Crippen LogP) is 3.72. The van der Waals surface area contributed by atoms with Crippen LogP contribution in [-0.2, 0) is 6.54 Å². The lowest BCUT2D eigenvalue weighted by molar-refractivity contribution is 0.513. The molecule has 4 heteroatoms. The molecular formula is C17H15N3O. The van der Waals surface area contributed by atoms with Gasteiger partial charge in [-0.3, -0.25) is 0 Å². The summed E-state index contributed by atoms with van der Waals surface area (Å²) in [5.41, 5.74) is 10.5. The number of oxazole rings is 1. The van der Waals surface area contributed by atoms with Crippen molar-refractivity contribution < 1.29 is 4.42 Å². The molecule has 0 aliphatic heterocycles. The van der Waals surface area contributed by atoms with Gasteiger partial charge < -0.3 is 14.7 Å². The fraction of sp³-hybridized carbons (Fsp3) is 0.118. The molecular weight excluding hydrogens is 262 g/mol. The monoisotopic (exact) mass is 277 g/mol. The van der Waals surface area contributed by atoms with Crippen LogP contribution >= 0.6 is 0 Å². The fourth-order valence-electron chi connectivity index (χ4n) is 2.74. The molecule has 0 fully saturated rings. The Morgan fingerprint density at radius 1 is 1.14 bits per heavy atom. The molecule has 104 valence electrons. The Labute approximate surface area is 121 Å². The molecule has 0 spiro atoms. The second-order valence-electron chi connectivity index (χ2n) is 5.25. The number of aromatic nitrogens is 2. The first kappa shape index (κ1) is 12.0. The summed E-state index contributed by atoms with van der Waals surface area (Å²) in [6, 6.07) is 14.0. The second-order valence-corrected chi connectivity index (χ2v) is 5.25. The maximum atomic E-state index is 5.92. The van der Waals surface area contributed by atoms with Gasteiger partial charge in [-0.25, -0.2) is 4.98 Å². The lowest BCUT2D eigenvalue weighted by Crippen LogP contribution is -1.98. The number of nitrogens with two attached hydrogens (primary N) is 1. The predicted molar refractivity (Wildman–Crippen MR) is 84.2 cm³/mol. The number of fused-ring (bicyclic) bond motifs is 2. The normalized spacial score (nSPS) is 11.5.